The molecule has 0 amide bonds. The Morgan fingerprint density at radius 3 is 2.95 bits per heavy atom. The lowest BCUT2D eigenvalue weighted by Gasteiger charge is -2.28. The number of halogens is 1. The van der Waals surface area contributed by atoms with Crippen molar-refractivity contribution in [3.63, 3.8) is 0 Å². The summed E-state index contributed by atoms with van der Waals surface area (Å²) in [6.07, 6.45) is 6.54. The van der Waals surface area contributed by atoms with Gasteiger partial charge in [-0.1, -0.05) is 22.0 Å². The first-order chi connectivity index (χ1) is 10.1. The van der Waals surface area contributed by atoms with Gasteiger partial charge in [0.05, 0.1) is 6.10 Å². The molecule has 5 heteroatoms. The fourth-order valence-corrected chi connectivity index (χ4v) is 2.91. The lowest BCUT2D eigenvalue weighted by Crippen LogP contribution is -2.33. The number of aliphatic carboxylic acids is 1. The number of benzene rings is 1. The number of ether oxygens (including phenoxy) is 1. The minimum absolute atomic E-state index is 0.300. The van der Waals surface area contributed by atoms with E-state index in [1.165, 1.54) is 6.42 Å². The maximum Gasteiger partial charge on any atom is 0.328 e. The molecule has 1 aromatic carbocycles. The summed E-state index contributed by atoms with van der Waals surface area (Å²) in [4.78, 5) is 12.7. The molecule has 0 saturated carbocycles. The molecule has 0 aliphatic carbocycles. The topological polar surface area (TPSA) is 49.8 Å². The molecule has 1 fully saturated rings. The summed E-state index contributed by atoms with van der Waals surface area (Å²) < 4.78 is 6.64. The summed E-state index contributed by atoms with van der Waals surface area (Å²) in [5.41, 5.74) is 1.94. The van der Waals surface area contributed by atoms with Crippen LogP contribution < -0.4 is 4.90 Å². The van der Waals surface area contributed by atoms with Crippen molar-refractivity contribution in [1.82, 2.24) is 0 Å². The Kier molecular flexibility index (Phi) is 5.82. The third-order valence-electron chi connectivity index (χ3n) is 3.58. The SMILES string of the molecule is CN(CC1CCCCO1)c1ccc(/C=C/C(=O)O)c(Br)c1. The van der Waals surface area contributed by atoms with E-state index in [4.69, 9.17) is 9.84 Å². The molecule has 1 heterocycles. The smallest absolute Gasteiger partial charge is 0.328 e. The monoisotopic (exact) mass is 353 g/mol. The van der Waals surface area contributed by atoms with Crippen molar-refractivity contribution in [3.05, 3.63) is 34.3 Å². The van der Waals surface area contributed by atoms with E-state index in [-0.39, 0.29) is 0 Å². The normalized spacial score (nSPS) is 18.9. The van der Waals surface area contributed by atoms with Crippen molar-refractivity contribution in [2.24, 2.45) is 0 Å². The van der Waals surface area contributed by atoms with Gasteiger partial charge in [0.25, 0.3) is 0 Å². The summed E-state index contributed by atoms with van der Waals surface area (Å²) in [6, 6.07) is 5.91. The van der Waals surface area contributed by atoms with E-state index in [2.05, 4.69) is 20.8 Å². The molecule has 1 aliphatic rings. The molecule has 0 radical (unpaired) electrons. The van der Waals surface area contributed by atoms with Crippen molar-refractivity contribution < 1.29 is 14.6 Å². The van der Waals surface area contributed by atoms with Gasteiger partial charge in [-0.05, 0) is 43.0 Å². The second-order valence-corrected chi connectivity index (χ2v) is 6.10. The van der Waals surface area contributed by atoms with E-state index in [9.17, 15) is 4.79 Å². The third-order valence-corrected chi connectivity index (χ3v) is 4.27. The number of hydrogen-bond donors (Lipinski definition) is 1. The van der Waals surface area contributed by atoms with Gasteiger partial charge in [-0.3, -0.25) is 0 Å². The van der Waals surface area contributed by atoms with Gasteiger partial charge in [0.2, 0.25) is 0 Å². The van der Waals surface area contributed by atoms with Crippen molar-refractivity contribution in [2.75, 3.05) is 25.1 Å². The quantitative estimate of drug-likeness (QED) is 0.822. The van der Waals surface area contributed by atoms with Crippen molar-refractivity contribution in [1.29, 1.82) is 0 Å². The Morgan fingerprint density at radius 2 is 2.33 bits per heavy atom. The van der Waals surface area contributed by atoms with E-state index in [1.54, 1.807) is 6.08 Å². The predicted molar refractivity (Wildman–Crippen MR) is 87.7 cm³/mol. The van der Waals surface area contributed by atoms with E-state index >= 15 is 0 Å². The lowest BCUT2D eigenvalue weighted by molar-refractivity contribution is -0.131. The zero-order chi connectivity index (χ0) is 15.2. The van der Waals surface area contributed by atoms with Crippen LogP contribution in [0.15, 0.2) is 28.7 Å². The zero-order valence-electron chi connectivity index (χ0n) is 12.1. The van der Waals surface area contributed by atoms with E-state index in [1.807, 2.05) is 25.2 Å². The number of likely N-dealkylation sites (N-methyl/N-ethyl adjacent to an activating group) is 1. The molecule has 1 atom stereocenters. The minimum Gasteiger partial charge on any atom is -0.478 e. The van der Waals surface area contributed by atoms with Crippen LogP contribution in [-0.2, 0) is 9.53 Å². The van der Waals surface area contributed by atoms with E-state index < -0.39 is 5.97 Å². The number of anilines is 1. The first-order valence-corrected chi connectivity index (χ1v) is 7.89. The fraction of sp³-hybridized carbons (Fsp3) is 0.438. The van der Waals surface area contributed by atoms with Crippen LogP contribution in [0.25, 0.3) is 6.08 Å². The molecule has 114 valence electrons. The third kappa shape index (κ3) is 4.86. The number of carboxylic acids is 1. The van der Waals surface area contributed by atoms with Crippen LogP contribution >= 0.6 is 15.9 Å². The Morgan fingerprint density at radius 1 is 1.52 bits per heavy atom. The molecular weight excluding hydrogens is 334 g/mol. The van der Waals surface area contributed by atoms with Crippen LogP contribution in [0.2, 0.25) is 0 Å². The van der Waals surface area contributed by atoms with Gasteiger partial charge in [-0.15, -0.1) is 0 Å². The van der Waals surface area contributed by atoms with E-state index in [0.717, 1.165) is 47.8 Å². The average Bonchev–Trinajstić information content (AvgIpc) is 2.46. The molecule has 2 rings (SSSR count). The van der Waals surface area contributed by atoms with Crippen molar-refractivity contribution >= 4 is 33.7 Å². The summed E-state index contributed by atoms with van der Waals surface area (Å²) in [5.74, 6) is -0.947. The maximum absolute atomic E-state index is 10.6. The molecular formula is C16H20BrNO3. The van der Waals surface area contributed by atoms with Crippen LogP contribution in [0.3, 0.4) is 0 Å². The Labute approximate surface area is 133 Å². The number of hydrogen-bond acceptors (Lipinski definition) is 3. The number of carboxylic acid groups (broad SMARTS) is 1. The van der Waals surface area contributed by atoms with Crippen LogP contribution in [0.4, 0.5) is 5.69 Å². The largest absolute Gasteiger partial charge is 0.478 e. The van der Waals surface area contributed by atoms with Gasteiger partial charge < -0.3 is 14.7 Å². The minimum atomic E-state index is -0.947. The van der Waals surface area contributed by atoms with Gasteiger partial charge in [0.1, 0.15) is 0 Å². The number of carbonyl (C=O) groups is 1. The highest BCUT2D eigenvalue weighted by atomic mass is 79.9. The second-order valence-electron chi connectivity index (χ2n) is 5.25. The molecule has 1 aromatic rings. The summed E-state index contributed by atoms with van der Waals surface area (Å²) >= 11 is 3.49. The maximum atomic E-state index is 10.6. The summed E-state index contributed by atoms with van der Waals surface area (Å²) in [5, 5.41) is 8.67. The molecule has 0 spiro atoms. The fourth-order valence-electron chi connectivity index (χ4n) is 2.41. The molecule has 0 aromatic heterocycles. The average molecular weight is 354 g/mol. The van der Waals surface area contributed by atoms with Crippen molar-refractivity contribution in [2.45, 2.75) is 25.4 Å². The predicted octanol–water partition coefficient (Wildman–Crippen LogP) is 3.55. The molecule has 4 nitrogen and oxygen atoms in total. The van der Waals surface area contributed by atoms with Gasteiger partial charge in [-0.2, -0.15) is 0 Å². The highest BCUT2D eigenvalue weighted by molar-refractivity contribution is 9.10. The summed E-state index contributed by atoms with van der Waals surface area (Å²) in [7, 11) is 2.05. The van der Waals surface area contributed by atoms with Crippen LogP contribution in [-0.4, -0.2) is 37.4 Å². The molecule has 1 N–H and O–H groups in total. The number of rotatable bonds is 5. The summed E-state index contributed by atoms with van der Waals surface area (Å²) in [6.45, 7) is 1.73. The van der Waals surface area contributed by atoms with Gasteiger partial charge in [0, 0.05) is 36.4 Å². The van der Waals surface area contributed by atoms with Crippen LogP contribution in [0.5, 0.6) is 0 Å². The molecule has 1 aliphatic heterocycles. The Balaban J connectivity index is 2.02. The Hall–Kier alpha value is -1.33. The van der Waals surface area contributed by atoms with E-state index in [0.29, 0.717) is 6.10 Å². The van der Waals surface area contributed by atoms with Crippen LogP contribution in [0.1, 0.15) is 24.8 Å². The number of nitrogens with zero attached hydrogens (tertiary/aromatic N) is 1. The van der Waals surface area contributed by atoms with Crippen molar-refractivity contribution in [3.8, 4) is 0 Å². The Bertz CT molecular complexity index is 524. The van der Waals surface area contributed by atoms with Gasteiger partial charge in [0.15, 0.2) is 0 Å². The standard InChI is InChI=1S/C16H20BrNO3/c1-18(11-14-4-2-3-9-21-14)13-7-5-12(15(17)10-13)6-8-16(19)20/h5-8,10,14H,2-4,9,11H2,1H3,(H,19,20)/b8-6+. The molecule has 21 heavy (non-hydrogen) atoms. The van der Waals surface area contributed by atoms with Gasteiger partial charge in [-0.25, -0.2) is 4.79 Å². The first-order valence-electron chi connectivity index (χ1n) is 7.09. The molecule has 0 bridgehead atoms. The van der Waals surface area contributed by atoms with Crippen LogP contribution in [0, 0.1) is 0 Å². The molecule has 1 saturated heterocycles. The first kappa shape index (κ1) is 16.0. The molecule has 1 unspecified atom stereocenters. The lowest BCUT2D eigenvalue weighted by atomic mass is 10.1. The van der Waals surface area contributed by atoms with Gasteiger partial charge >= 0.3 is 5.97 Å². The highest BCUT2D eigenvalue weighted by Crippen LogP contribution is 2.25. The second kappa shape index (κ2) is 7.61. The zero-order valence-corrected chi connectivity index (χ0v) is 13.7. The highest BCUT2D eigenvalue weighted by Gasteiger charge is 2.16.